The molecule has 48 heavy (non-hydrogen) atoms. The van der Waals surface area contributed by atoms with E-state index in [1.54, 1.807) is 0 Å². The number of nitrogens with zero attached hydrogens (tertiary/aromatic N) is 1. The third-order valence-corrected chi connectivity index (χ3v) is 9.87. The summed E-state index contributed by atoms with van der Waals surface area (Å²) < 4.78 is 0. The molecule has 0 bridgehead atoms. The number of amides is 3. The van der Waals surface area contributed by atoms with Crippen LogP contribution in [0.3, 0.4) is 0 Å². The second-order valence-electron chi connectivity index (χ2n) is 19.4. The van der Waals surface area contributed by atoms with Gasteiger partial charge in [-0.05, 0) is 84.1 Å². The average Bonchev–Trinajstić information content (AvgIpc) is 2.96. The molecule has 0 aliphatic carbocycles. The second kappa shape index (κ2) is 18.8. The van der Waals surface area contributed by atoms with E-state index in [0.29, 0.717) is 32.7 Å². The molecule has 0 heterocycles. The minimum atomic E-state index is -1.22. The van der Waals surface area contributed by atoms with E-state index in [-0.39, 0.29) is 88.7 Å². The van der Waals surface area contributed by atoms with Crippen molar-refractivity contribution in [2.45, 2.75) is 160 Å². The van der Waals surface area contributed by atoms with Crippen LogP contribution in [-0.2, 0) is 14.4 Å². The first-order chi connectivity index (χ1) is 21.7. The van der Waals surface area contributed by atoms with Gasteiger partial charge in [-0.2, -0.15) is 4.91 Å². The Balaban J connectivity index is 5.58. The Labute approximate surface area is 294 Å². The van der Waals surface area contributed by atoms with Crippen molar-refractivity contribution in [2.24, 2.45) is 49.1 Å². The topological polar surface area (TPSA) is 169 Å². The van der Waals surface area contributed by atoms with Crippen LogP contribution in [0.15, 0.2) is 5.18 Å². The van der Waals surface area contributed by atoms with E-state index >= 15 is 0 Å². The zero-order valence-electron chi connectivity index (χ0n) is 33.3. The third-order valence-electron chi connectivity index (χ3n) is 9.87. The molecule has 0 saturated carbocycles. The van der Waals surface area contributed by atoms with Crippen molar-refractivity contribution >= 4 is 17.7 Å². The first kappa shape index (κ1) is 45.9. The summed E-state index contributed by atoms with van der Waals surface area (Å²) in [4.78, 5) is 51.6. The lowest BCUT2D eigenvalue weighted by molar-refractivity contribution is -0.122. The maximum absolute atomic E-state index is 13.0. The highest BCUT2D eigenvalue weighted by Crippen LogP contribution is 2.36. The molecule has 0 saturated heterocycles. The van der Waals surface area contributed by atoms with Gasteiger partial charge in [0.05, 0.1) is 0 Å². The van der Waals surface area contributed by atoms with Crippen molar-refractivity contribution in [1.29, 1.82) is 0 Å². The maximum atomic E-state index is 13.0. The van der Waals surface area contributed by atoms with E-state index in [1.807, 2.05) is 0 Å². The maximum Gasteiger partial charge on any atom is 0.220 e. The summed E-state index contributed by atoms with van der Waals surface area (Å²) in [6.07, 6.45) is 4.40. The second-order valence-corrected chi connectivity index (χ2v) is 19.4. The average molecular weight is 681 g/mol. The molecule has 0 aromatic heterocycles. The molecule has 0 aliphatic heterocycles. The molecule has 3 amide bonds. The molecule has 7 N–H and O–H groups in total. The van der Waals surface area contributed by atoms with E-state index in [2.05, 4.69) is 111 Å². The zero-order valence-corrected chi connectivity index (χ0v) is 33.3. The van der Waals surface area contributed by atoms with Gasteiger partial charge in [0.2, 0.25) is 17.7 Å². The lowest BCUT2D eigenvalue weighted by Crippen LogP contribution is -2.40. The summed E-state index contributed by atoms with van der Waals surface area (Å²) in [6.45, 7) is 30.4. The molecule has 0 radical (unpaired) electrons. The Morgan fingerprint density at radius 1 is 0.500 bits per heavy atom. The Hall–Kier alpha value is -2.07. The number of nitrogens with one attached hydrogen (secondary N) is 3. The Kier molecular flexibility index (Phi) is 18.0. The number of carbonyl (C=O) groups is 3. The number of hydrogen-bond donors (Lipinski definition) is 5. The largest absolute Gasteiger partial charge is 0.356 e. The van der Waals surface area contributed by atoms with Crippen molar-refractivity contribution in [3.63, 3.8) is 0 Å². The van der Waals surface area contributed by atoms with Crippen LogP contribution in [0.2, 0.25) is 0 Å². The van der Waals surface area contributed by atoms with E-state index < -0.39 is 5.54 Å². The number of rotatable bonds is 25. The number of hydrogen-bond acceptors (Lipinski definition) is 7. The molecule has 282 valence electrons. The summed E-state index contributed by atoms with van der Waals surface area (Å²) in [5.74, 6) is -0.520. The Bertz CT molecular complexity index is 911. The lowest BCUT2D eigenvalue weighted by atomic mass is 9.73. The molecule has 0 unspecified atom stereocenters. The quantitative estimate of drug-likeness (QED) is 0.0662. The molecule has 10 nitrogen and oxygen atoms in total. The van der Waals surface area contributed by atoms with E-state index in [9.17, 15) is 19.3 Å². The fraction of sp³-hybridized carbons (Fsp3) is 0.921. The number of nitrogens with two attached hydrogens (primary N) is 2. The molecule has 0 fully saturated rings. The van der Waals surface area contributed by atoms with Crippen LogP contribution in [0.1, 0.15) is 154 Å². The van der Waals surface area contributed by atoms with Gasteiger partial charge in [0.25, 0.3) is 0 Å². The first-order valence-electron chi connectivity index (χ1n) is 18.2. The highest BCUT2D eigenvalue weighted by atomic mass is 16.3. The number of nitroso groups, excluding NO2 is 1. The normalized spacial score (nSPS) is 13.6. The first-order valence-corrected chi connectivity index (χ1v) is 18.2. The highest BCUT2D eigenvalue weighted by Gasteiger charge is 2.35. The van der Waals surface area contributed by atoms with Gasteiger partial charge in [-0.25, -0.2) is 0 Å². The molecular formula is C38H76N6O4. The van der Waals surface area contributed by atoms with Crippen LogP contribution in [0.5, 0.6) is 0 Å². The standard InChI is InChI=1S/C38H76N6O4/c1-14-32(2,3)21-35(8,9)26-41-29(45)15-18-38(44-48,19-16-30(46)42-27-36(10,11)22-33(4,5)24-39)20-17-31(47)43-28-37(12,13)23-34(6,7)25-40/h14-28,39-40H2,1-13H3,(H,41,45)(H,42,46)(H,43,47). The van der Waals surface area contributed by atoms with Crippen molar-refractivity contribution < 1.29 is 14.4 Å². The predicted molar refractivity (Wildman–Crippen MR) is 200 cm³/mol. The summed E-state index contributed by atoms with van der Waals surface area (Å²) in [5.41, 5.74) is 10.3. The minimum Gasteiger partial charge on any atom is -0.356 e. The molecule has 0 rings (SSSR count). The van der Waals surface area contributed by atoms with Crippen LogP contribution in [-0.4, -0.2) is 56.0 Å². The van der Waals surface area contributed by atoms with Crippen molar-refractivity contribution in [1.82, 2.24) is 16.0 Å². The predicted octanol–water partition coefficient (Wildman–Crippen LogP) is 6.84. The van der Waals surface area contributed by atoms with Gasteiger partial charge in [0, 0.05) is 38.9 Å². The molecular weight excluding hydrogens is 604 g/mol. The molecule has 0 aromatic carbocycles. The fourth-order valence-corrected chi connectivity index (χ4v) is 7.17. The molecule has 0 aliphatic rings. The third kappa shape index (κ3) is 19.8. The summed E-state index contributed by atoms with van der Waals surface area (Å²) in [6, 6.07) is 0. The van der Waals surface area contributed by atoms with Gasteiger partial charge in [0.15, 0.2) is 0 Å². The van der Waals surface area contributed by atoms with Crippen LogP contribution in [0.4, 0.5) is 0 Å². The van der Waals surface area contributed by atoms with Gasteiger partial charge in [0.1, 0.15) is 5.54 Å². The van der Waals surface area contributed by atoms with Crippen LogP contribution >= 0.6 is 0 Å². The zero-order chi connectivity index (χ0) is 37.7. The molecule has 0 aromatic rings. The van der Waals surface area contributed by atoms with Gasteiger partial charge in [-0.3, -0.25) is 14.4 Å². The number of carbonyl (C=O) groups excluding carboxylic acids is 3. The lowest BCUT2D eigenvalue weighted by Gasteiger charge is -2.35. The van der Waals surface area contributed by atoms with Crippen molar-refractivity contribution in [3.05, 3.63) is 4.91 Å². The van der Waals surface area contributed by atoms with Crippen molar-refractivity contribution in [3.8, 4) is 0 Å². The Morgan fingerprint density at radius 3 is 1.00 bits per heavy atom. The highest BCUT2D eigenvalue weighted by molar-refractivity contribution is 5.77. The summed E-state index contributed by atoms with van der Waals surface area (Å²) >= 11 is 0. The molecule has 10 heteroatoms. The van der Waals surface area contributed by atoms with E-state index in [4.69, 9.17) is 11.5 Å². The summed E-state index contributed by atoms with van der Waals surface area (Å²) in [5, 5.41) is 12.6. The van der Waals surface area contributed by atoms with E-state index in [0.717, 1.165) is 25.7 Å². The van der Waals surface area contributed by atoms with Crippen LogP contribution < -0.4 is 27.4 Å². The van der Waals surface area contributed by atoms with Gasteiger partial charge in [-0.1, -0.05) is 102 Å². The van der Waals surface area contributed by atoms with Crippen LogP contribution in [0.25, 0.3) is 0 Å². The summed E-state index contributed by atoms with van der Waals surface area (Å²) in [7, 11) is 0. The van der Waals surface area contributed by atoms with Gasteiger partial charge < -0.3 is 27.4 Å². The SMILES string of the molecule is CCC(C)(C)CC(C)(C)CNC(=O)CCC(CCC(=O)NCC(C)(C)CC(C)(C)CN)(CCC(=O)NCC(C)(C)CC(C)(C)CN)N=O. The van der Waals surface area contributed by atoms with Crippen LogP contribution in [0, 0.1) is 37.4 Å². The molecule has 0 atom stereocenters. The fourth-order valence-electron chi connectivity index (χ4n) is 7.17. The van der Waals surface area contributed by atoms with Gasteiger partial charge >= 0.3 is 0 Å². The monoisotopic (exact) mass is 681 g/mol. The molecule has 0 spiro atoms. The van der Waals surface area contributed by atoms with E-state index in [1.165, 1.54) is 0 Å². The smallest absolute Gasteiger partial charge is 0.220 e. The minimum absolute atomic E-state index is 0.0524. The van der Waals surface area contributed by atoms with Crippen molar-refractivity contribution in [2.75, 3.05) is 32.7 Å². The Morgan fingerprint density at radius 2 is 0.771 bits per heavy atom. The van der Waals surface area contributed by atoms with Gasteiger partial charge in [-0.15, -0.1) is 0 Å².